The van der Waals surface area contributed by atoms with Crippen LogP contribution >= 0.6 is 0 Å². The lowest BCUT2D eigenvalue weighted by molar-refractivity contribution is 0.0698. The van der Waals surface area contributed by atoms with Crippen molar-refractivity contribution in [3.8, 4) is 0 Å². The standard InChI is InChI=1S/C16H23N3O2/c1-4-14-17-13-9-7-8-12(16(20)21)15(13)19(14)11-6-5-10-18(2)3/h7-9H,4-6,10-11H2,1-3H3,(H,20,21). The lowest BCUT2D eigenvalue weighted by Gasteiger charge is -2.12. The maximum Gasteiger partial charge on any atom is 0.337 e. The number of hydrogen-bond donors (Lipinski definition) is 1. The van der Waals surface area contributed by atoms with Crippen molar-refractivity contribution in [3.05, 3.63) is 29.6 Å². The number of aryl methyl sites for hydroxylation is 2. The molecule has 0 fully saturated rings. The average molecular weight is 289 g/mol. The summed E-state index contributed by atoms with van der Waals surface area (Å²) in [7, 11) is 4.12. The first-order valence-electron chi connectivity index (χ1n) is 7.40. The van der Waals surface area contributed by atoms with Crippen LogP contribution in [-0.2, 0) is 13.0 Å². The molecule has 114 valence electrons. The van der Waals surface area contributed by atoms with Gasteiger partial charge in [-0.25, -0.2) is 9.78 Å². The minimum Gasteiger partial charge on any atom is -0.478 e. The number of carboxylic acid groups (broad SMARTS) is 1. The Morgan fingerprint density at radius 1 is 1.33 bits per heavy atom. The molecule has 1 N–H and O–H groups in total. The normalized spacial score (nSPS) is 11.4. The zero-order valence-electron chi connectivity index (χ0n) is 13.0. The number of unbranched alkanes of at least 4 members (excludes halogenated alkanes) is 1. The van der Waals surface area contributed by atoms with E-state index in [0.29, 0.717) is 5.56 Å². The summed E-state index contributed by atoms with van der Waals surface area (Å²) in [6.07, 6.45) is 2.91. The molecule has 0 saturated heterocycles. The van der Waals surface area contributed by atoms with Crippen LogP contribution in [0.25, 0.3) is 11.0 Å². The van der Waals surface area contributed by atoms with Gasteiger partial charge in [0.1, 0.15) is 5.82 Å². The second kappa shape index (κ2) is 6.72. The van der Waals surface area contributed by atoms with Gasteiger partial charge in [0.2, 0.25) is 0 Å². The molecular weight excluding hydrogens is 266 g/mol. The van der Waals surface area contributed by atoms with Crippen molar-refractivity contribution in [2.45, 2.75) is 32.7 Å². The molecule has 1 heterocycles. The zero-order valence-corrected chi connectivity index (χ0v) is 13.0. The fraction of sp³-hybridized carbons (Fsp3) is 0.500. The lowest BCUT2D eigenvalue weighted by atomic mass is 10.2. The van der Waals surface area contributed by atoms with E-state index < -0.39 is 5.97 Å². The Morgan fingerprint density at radius 2 is 2.10 bits per heavy atom. The van der Waals surface area contributed by atoms with Crippen LogP contribution in [-0.4, -0.2) is 46.2 Å². The Balaban J connectivity index is 2.33. The quantitative estimate of drug-likeness (QED) is 0.796. The minimum absolute atomic E-state index is 0.340. The van der Waals surface area contributed by atoms with E-state index in [1.165, 1.54) is 0 Å². The van der Waals surface area contributed by atoms with Crippen LogP contribution < -0.4 is 0 Å². The van der Waals surface area contributed by atoms with E-state index in [-0.39, 0.29) is 0 Å². The molecule has 1 aromatic heterocycles. The third kappa shape index (κ3) is 3.42. The van der Waals surface area contributed by atoms with Crippen molar-refractivity contribution in [2.75, 3.05) is 20.6 Å². The molecule has 0 saturated carbocycles. The maximum atomic E-state index is 11.4. The molecule has 0 aliphatic heterocycles. The molecule has 2 aromatic rings. The SMILES string of the molecule is CCc1nc2cccc(C(=O)O)c2n1CCCCN(C)C. The first kappa shape index (κ1) is 15.5. The van der Waals surface area contributed by atoms with Gasteiger partial charge in [-0.2, -0.15) is 0 Å². The monoisotopic (exact) mass is 289 g/mol. The van der Waals surface area contributed by atoms with E-state index in [1.807, 2.05) is 6.07 Å². The molecule has 0 amide bonds. The topological polar surface area (TPSA) is 58.4 Å². The summed E-state index contributed by atoms with van der Waals surface area (Å²) in [5.41, 5.74) is 1.87. The Kier molecular flexibility index (Phi) is 4.96. The summed E-state index contributed by atoms with van der Waals surface area (Å²) < 4.78 is 2.08. The zero-order chi connectivity index (χ0) is 15.4. The van der Waals surface area contributed by atoms with Crippen molar-refractivity contribution >= 4 is 17.0 Å². The van der Waals surface area contributed by atoms with Crippen molar-refractivity contribution in [3.63, 3.8) is 0 Å². The molecule has 0 radical (unpaired) electrons. The average Bonchev–Trinajstić information content (AvgIpc) is 2.81. The van der Waals surface area contributed by atoms with Crippen LogP contribution in [0.4, 0.5) is 0 Å². The highest BCUT2D eigenvalue weighted by Crippen LogP contribution is 2.22. The minimum atomic E-state index is -0.891. The number of benzene rings is 1. The molecule has 1 aromatic carbocycles. The summed E-state index contributed by atoms with van der Waals surface area (Å²) in [6.45, 7) is 3.91. The second-order valence-electron chi connectivity index (χ2n) is 5.52. The predicted molar refractivity (Wildman–Crippen MR) is 83.9 cm³/mol. The second-order valence-corrected chi connectivity index (χ2v) is 5.52. The third-order valence-corrected chi connectivity index (χ3v) is 3.63. The summed E-state index contributed by atoms with van der Waals surface area (Å²) >= 11 is 0. The summed E-state index contributed by atoms with van der Waals surface area (Å²) in [5.74, 6) is 0.0706. The molecule has 21 heavy (non-hydrogen) atoms. The number of carboxylic acids is 1. The number of imidazole rings is 1. The molecule has 0 atom stereocenters. The van der Waals surface area contributed by atoms with Gasteiger partial charge in [-0.3, -0.25) is 0 Å². The number of carbonyl (C=O) groups is 1. The van der Waals surface area contributed by atoms with E-state index >= 15 is 0 Å². The maximum absolute atomic E-state index is 11.4. The first-order valence-corrected chi connectivity index (χ1v) is 7.40. The van der Waals surface area contributed by atoms with E-state index in [0.717, 1.165) is 49.2 Å². The van der Waals surface area contributed by atoms with Crippen LogP contribution in [0.15, 0.2) is 18.2 Å². The van der Waals surface area contributed by atoms with Crippen LogP contribution in [0, 0.1) is 0 Å². The highest BCUT2D eigenvalue weighted by Gasteiger charge is 2.16. The van der Waals surface area contributed by atoms with E-state index in [2.05, 4.69) is 35.5 Å². The number of nitrogens with zero attached hydrogens (tertiary/aromatic N) is 3. The largest absolute Gasteiger partial charge is 0.478 e. The van der Waals surface area contributed by atoms with Crippen LogP contribution in [0.3, 0.4) is 0 Å². The van der Waals surface area contributed by atoms with Crippen molar-refractivity contribution in [2.24, 2.45) is 0 Å². The summed E-state index contributed by atoms with van der Waals surface area (Å²) in [5, 5.41) is 9.39. The van der Waals surface area contributed by atoms with E-state index in [1.54, 1.807) is 12.1 Å². The smallest absolute Gasteiger partial charge is 0.337 e. The van der Waals surface area contributed by atoms with Gasteiger partial charge in [0.05, 0.1) is 16.6 Å². The van der Waals surface area contributed by atoms with Gasteiger partial charge < -0.3 is 14.6 Å². The Labute approximate surface area is 125 Å². The molecule has 2 rings (SSSR count). The highest BCUT2D eigenvalue weighted by molar-refractivity contribution is 6.01. The van der Waals surface area contributed by atoms with Gasteiger partial charge in [0, 0.05) is 13.0 Å². The molecular formula is C16H23N3O2. The number of hydrogen-bond acceptors (Lipinski definition) is 3. The number of rotatable bonds is 7. The fourth-order valence-electron chi connectivity index (χ4n) is 2.61. The van der Waals surface area contributed by atoms with Gasteiger partial charge >= 0.3 is 5.97 Å². The molecule has 0 spiro atoms. The summed E-state index contributed by atoms with van der Waals surface area (Å²) in [6, 6.07) is 5.30. The number of aromatic carboxylic acids is 1. The van der Waals surface area contributed by atoms with Gasteiger partial charge in [0.15, 0.2) is 0 Å². The molecule has 0 unspecified atom stereocenters. The number of para-hydroxylation sites is 1. The molecule has 0 aliphatic carbocycles. The van der Waals surface area contributed by atoms with Gasteiger partial charge in [-0.05, 0) is 45.6 Å². The molecule has 0 bridgehead atoms. The fourth-order valence-corrected chi connectivity index (χ4v) is 2.61. The predicted octanol–water partition coefficient (Wildman–Crippen LogP) is 2.64. The van der Waals surface area contributed by atoms with E-state index in [9.17, 15) is 9.90 Å². The van der Waals surface area contributed by atoms with Crippen LogP contribution in [0.2, 0.25) is 0 Å². The van der Waals surface area contributed by atoms with Crippen LogP contribution in [0.5, 0.6) is 0 Å². The Morgan fingerprint density at radius 3 is 2.71 bits per heavy atom. The summed E-state index contributed by atoms with van der Waals surface area (Å²) in [4.78, 5) is 18.2. The van der Waals surface area contributed by atoms with Crippen LogP contribution in [0.1, 0.15) is 35.9 Å². The van der Waals surface area contributed by atoms with Gasteiger partial charge in [-0.1, -0.05) is 13.0 Å². The van der Waals surface area contributed by atoms with Gasteiger partial charge in [-0.15, -0.1) is 0 Å². The lowest BCUT2D eigenvalue weighted by Crippen LogP contribution is -2.14. The molecule has 5 heteroatoms. The highest BCUT2D eigenvalue weighted by atomic mass is 16.4. The van der Waals surface area contributed by atoms with Crippen molar-refractivity contribution in [1.29, 1.82) is 0 Å². The van der Waals surface area contributed by atoms with Crippen molar-refractivity contribution < 1.29 is 9.90 Å². The van der Waals surface area contributed by atoms with E-state index in [4.69, 9.17) is 0 Å². The molecule has 5 nitrogen and oxygen atoms in total. The van der Waals surface area contributed by atoms with Gasteiger partial charge in [0.25, 0.3) is 0 Å². The number of fused-ring (bicyclic) bond motifs is 1. The number of aromatic nitrogens is 2. The van der Waals surface area contributed by atoms with Crippen molar-refractivity contribution in [1.82, 2.24) is 14.5 Å². The third-order valence-electron chi connectivity index (χ3n) is 3.63. The Bertz CT molecular complexity index is 632. The molecule has 0 aliphatic rings. The Hall–Kier alpha value is -1.88. The first-order chi connectivity index (χ1) is 10.0.